The van der Waals surface area contributed by atoms with Crippen LogP contribution in [0.2, 0.25) is 0 Å². The molecule has 0 aromatic rings. The lowest BCUT2D eigenvalue weighted by Crippen LogP contribution is -2.47. The van der Waals surface area contributed by atoms with Gasteiger partial charge in [0.1, 0.15) is 6.04 Å². The number of aliphatic hydroxyl groups excluding tert-OH is 2. The Kier molecular flexibility index (Phi) is 12.9. The van der Waals surface area contributed by atoms with E-state index in [-0.39, 0.29) is 37.9 Å². The van der Waals surface area contributed by atoms with Crippen molar-refractivity contribution in [2.45, 2.75) is 38.1 Å². The van der Waals surface area contributed by atoms with Gasteiger partial charge in [-0.3, -0.25) is 14.4 Å². The van der Waals surface area contributed by atoms with Crippen molar-refractivity contribution >= 4 is 17.7 Å². The molecule has 7 N–H and O–H groups in total. The SMILES string of the molecule is NCCNC(=O)C(CCCCNC(=O)CCO)NC(=O)CCO. The van der Waals surface area contributed by atoms with Crippen molar-refractivity contribution in [1.82, 2.24) is 16.0 Å². The smallest absolute Gasteiger partial charge is 0.242 e. The average molecular weight is 332 g/mol. The normalized spacial score (nSPS) is 11.6. The zero-order valence-corrected chi connectivity index (χ0v) is 13.3. The molecule has 9 heteroatoms. The molecule has 0 rings (SSSR count). The van der Waals surface area contributed by atoms with Gasteiger partial charge in [-0.2, -0.15) is 0 Å². The van der Waals surface area contributed by atoms with Crippen LogP contribution in [-0.2, 0) is 14.4 Å². The number of nitrogens with one attached hydrogen (secondary N) is 3. The number of nitrogens with two attached hydrogens (primary N) is 1. The predicted octanol–water partition coefficient (Wildman–Crippen LogP) is -2.40. The molecule has 0 saturated heterocycles. The van der Waals surface area contributed by atoms with Crippen LogP contribution in [0.4, 0.5) is 0 Å². The summed E-state index contributed by atoms with van der Waals surface area (Å²) in [4.78, 5) is 34.6. The molecule has 0 aliphatic carbocycles. The second-order valence-electron chi connectivity index (χ2n) is 4.99. The van der Waals surface area contributed by atoms with E-state index in [1.54, 1.807) is 0 Å². The van der Waals surface area contributed by atoms with E-state index in [4.69, 9.17) is 15.9 Å². The Labute approximate surface area is 136 Å². The lowest BCUT2D eigenvalue weighted by Gasteiger charge is -2.18. The second kappa shape index (κ2) is 13.9. The summed E-state index contributed by atoms with van der Waals surface area (Å²) < 4.78 is 0. The van der Waals surface area contributed by atoms with Crippen molar-refractivity contribution in [2.24, 2.45) is 5.73 Å². The third kappa shape index (κ3) is 11.5. The minimum absolute atomic E-state index is 0.0577. The third-order valence-corrected chi connectivity index (χ3v) is 3.01. The molecule has 0 fully saturated rings. The highest BCUT2D eigenvalue weighted by molar-refractivity contribution is 5.87. The Morgan fingerprint density at radius 1 is 0.913 bits per heavy atom. The van der Waals surface area contributed by atoms with E-state index in [1.807, 2.05) is 0 Å². The Morgan fingerprint density at radius 2 is 1.57 bits per heavy atom. The van der Waals surface area contributed by atoms with Gasteiger partial charge in [-0.15, -0.1) is 0 Å². The van der Waals surface area contributed by atoms with E-state index < -0.39 is 11.9 Å². The van der Waals surface area contributed by atoms with Crippen LogP contribution in [0.3, 0.4) is 0 Å². The van der Waals surface area contributed by atoms with Gasteiger partial charge in [-0.25, -0.2) is 0 Å². The minimum atomic E-state index is -0.686. The molecule has 0 aliphatic heterocycles. The number of carbonyl (C=O) groups is 3. The van der Waals surface area contributed by atoms with Gasteiger partial charge in [0.2, 0.25) is 17.7 Å². The summed E-state index contributed by atoms with van der Waals surface area (Å²) in [6.45, 7) is 0.606. The van der Waals surface area contributed by atoms with E-state index in [0.717, 1.165) is 0 Å². The summed E-state index contributed by atoms with van der Waals surface area (Å²) in [6, 6.07) is -0.686. The van der Waals surface area contributed by atoms with E-state index in [9.17, 15) is 14.4 Å². The van der Waals surface area contributed by atoms with E-state index in [2.05, 4.69) is 16.0 Å². The standard InChI is InChI=1S/C14H28N4O5/c15-6-8-17-14(23)11(18-13(22)5-10-20)3-1-2-7-16-12(21)4-9-19/h11,19-20H,1-10,15H2,(H,16,21)(H,17,23)(H,18,22). The fourth-order valence-corrected chi connectivity index (χ4v) is 1.85. The number of hydrogen-bond acceptors (Lipinski definition) is 6. The maximum atomic E-state index is 12.0. The van der Waals surface area contributed by atoms with Crippen LogP contribution < -0.4 is 21.7 Å². The van der Waals surface area contributed by atoms with Crippen LogP contribution in [0.15, 0.2) is 0 Å². The van der Waals surface area contributed by atoms with Crippen LogP contribution in [0, 0.1) is 0 Å². The largest absolute Gasteiger partial charge is 0.396 e. The molecule has 0 radical (unpaired) electrons. The molecule has 1 unspecified atom stereocenters. The molecule has 0 saturated carbocycles. The third-order valence-electron chi connectivity index (χ3n) is 3.01. The topological polar surface area (TPSA) is 154 Å². The van der Waals surface area contributed by atoms with E-state index >= 15 is 0 Å². The van der Waals surface area contributed by atoms with Gasteiger partial charge < -0.3 is 31.9 Å². The second-order valence-corrected chi connectivity index (χ2v) is 4.99. The van der Waals surface area contributed by atoms with Gasteiger partial charge >= 0.3 is 0 Å². The van der Waals surface area contributed by atoms with Crippen molar-refractivity contribution in [1.29, 1.82) is 0 Å². The molecular weight excluding hydrogens is 304 g/mol. The van der Waals surface area contributed by atoms with E-state index in [1.165, 1.54) is 0 Å². The highest BCUT2D eigenvalue weighted by Crippen LogP contribution is 2.02. The molecule has 0 heterocycles. The predicted molar refractivity (Wildman–Crippen MR) is 84.3 cm³/mol. The van der Waals surface area contributed by atoms with E-state index in [0.29, 0.717) is 38.9 Å². The highest BCUT2D eigenvalue weighted by Gasteiger charge is 2.19. The van der Waals surface area contributed by atoms with Crippen LogP contribution in [0.25, 0.3) is 0 Å². The van der Waals surface area contributed by atoms with Gasteiger partial charge in [0.25, 0.3) is 0 Å². The summed E-state index contributed by atoms with van der Waals surface area (Å²) in [5, 5.41) is 25.2. The molecule has 0 spiro atoms. The molecule has 1 atom stereocenters. The first-order valence-electron chi connectivity index (χ1n) is 7.80. The number of aliphatic hydroxyl groups is 2. The molecule has 0 aromatic heterocycles. The summed E-state index contributed by atoms with van der Waals surface area (Å²) in [6.07, 6.45) is 1.70. The molecule has 0 aliphatic rings. The fraction of sp³-hybridized carbons (Fsp3) is 0.786. The van der Waals surface area contributed by atoms with Crippen molar-refractivity contribution in [3.05, 3.63) is 0 Å². The first-order chi connectivity index (χ1) is 11.0. The molecule has 23 heavy (non-hydrogen) atoms. The van der Waals surface area contributed by atoms with Gasteiger partial charge in [0.15, 0.2) is 0 Å². The van der Waals surface area contributed by atoms with Crippen molar-refractivity contribution in [3.8, 4) is 0 Å². The maximum Gasteiger partial charge on any atom is 0.242 e. The van der Waals surface area contributed by atoms with Crippen molar-refractivity contribution in [2.75, 3.05) is 32.8 Å². The summed E-state index contributed by atoms with van der Waals surface area (Å²) >= 11 is 0. The Balaban J connectivity index is 4.16. The lowest BCUT2D eigenvalue weighted by molar-refractivity contribution is -0.129. The van der Waals surface area contributed by atoms with Crippen LogP contribution in [0.1, 0.15) is 32.1 Å². The monoisotopic (exact) mass is 332 g/mol. The summed E-state index contributed by atoms with van der Waals surface area (Å²) in [5.74, 6) is -0.927. The van der Waals surface area contributed by atoms with Crippen molar-refractivity contribution < 1.29 is 24.6 Å². The van der Waals surface area contributed by atoms with Gasteiger partial charge in [-0.1, -0.05) is 0 Å². The fourth-order valence-electron chi connectivity index (χ4n) is 1.85. The molecule has 0 aromatic carbocycles. The number of hydrogen-bond donors (Lipinski definition) is 6. The first-order valence-corrected chi connectivity index (χ1v) is 7.80. The molecule has 9 nitrogen and oxygen atoms in total. The lowest BCUT2D eigenvalue weighted by atomic mass is 10.1. The van der Waals surface area contributed by atoms with Crippen molar-refractivity contribution in [3.63, 3.8) is 0 Å². The molecule has 3 amide bonds. The molecule has 134 valence electrons. The highest BCUT2D eigenvalue weighted by atomic mass is 16.3. The first kappa shape index (κ1) is 21.3. The number of unbranched alkanes of at least 4 members (excludes halogenated alkanes) is 1. The molecular formula is C14H28N4O5. The minimum Gasteiger partial charge on any atom is -0.396 e. The number of rotatable bonds is 13. The number of amides is 3. The van der Waals surface area contributed by atoms with Crippen LogP contribution in [0.5, 0.6) is 0 Å². The van der Waals surface area contributed by atoms with Gasteiger partial charge in [0.05, 0.1) is 13.2 Å². The zero-order valence-electron chi connectivity index (χ0n) is 13.3. The quantitative estimate of drug-likeness (QED) is 0.207. The van der Waals surface area contributed by atoms with Crippen LogP contribution in [-0.4, -0.2) is 66.8 Å². The maximum absolute atomic E-state index is 12.0. The number of carbonyl (C=O) groups excluding carboxylic acids is 3. The Bertz CT molecular complexity index is 365. The summed E-state index contributed by atoms with van der Waals surface area (Å²) in [5.41, 5.74) is 5.33. The zero-order chi connectivity index (χ0) is 17.5. The summed E-state index contributed by atoms with van der Waals surface area (Å²) in [7, 11) is 0. The molecule has 0 bridgehead atoms. The van der Waals surface area contributed by atoms with Crippen LogP contribution >= 0.6 is 0 Å². The Morgan fingerprint density at radius 3 is 2.17 bits per heavy atom. The average Bonchev–Trinajstić information content (AvgIpc) is 2.51. The Hall–Kier alpha value is -1.71. The van der Waals surface area contributed by atoms with Gasteiger partial charge in [-0.05, 0) is 19.3 Å². The van der Waals surface area contributed by atoms with Gasteiger partial charge in [0, 0.05) is 32.5 Å².